The zero-order chi connectivity index (χ0) is 7.82. The van der Waals surface area contributed by atoms with E-state index in [1.807, 2.05) is 19.2 Å². The normalized spacial score (nSPS) is 12.9. The Morgan fingerprint density at radius 3 is 2.80 bits per heavy atom. The molecule has 2 heteroatoms. The topological polar surface area (TPSA) is 38.0 Å². The number of nitrogens with one attached hydrogen (secondary N) is 1. The maximum Gasteiger partial charge on any atom is 0.0137 e. The molecule has 0 aliphatic carbocycles. The van der Waals surface area contributed by atoms with Gasteiger partial charge in [-0.25, -0.2) is 0 Å². The first kappa shape index (κ1) is 9.40. The lowest BCUT2D eigenvalue weighted by Gasteiger charge is -1.91. The van der Waals surface area contributed by atoms with Gasteiger partial charge in [-0.15, -0.1) is 0 Å². The van der Waals surface area contributed by atoms with Gasteiger partial charge in [-0.05, 0) is 14.0 Å². The Labute approximate surface area is 62.8 Å². The van der Waals surface area contributed by atoms with Crippen molar-refractivity contribution in [3.05, 3.63) is 23.8 Å². The molecule has 0 heterocycles. The standard InChI is InChI=1S/C8H16N2/c1-8(4-3-6-9)5-7-10-2/h3-5,10H,6-7,9H2,1-2H3/b4-3-,8-5-. The average Bonchev–Trinajstić information content (AvgIpc) is 1.97. The largest absolute Gasteiger partial charge is 0.327 e. The van der Waals surface area contributed by atoms with Crippen molar-refractivity contribution < 1.29 is 0 Å². The summed E-state index contributed by atoms with van der Waals surface area (Å²) in [5.74, 6) is 0. The van der Waals surface area contributed by atoms with E-state index in [-0.39, 0.29) is 0 Å². The highest BCUT2D eigenvalue weighted by molar-refractivity contribution is 5.16. The van der Waals surface area contributed by atoms with E-state index in [9.17, 15) is 0 Å². The zero-order valence-electron chi connectivity index (χ0n) is 6.72. The highest BCUT2D eigenvalue weighted by atomic mass is 14.8. The fraction of sp³-hybridized carbons (Fsp3) is 0.500. The van der Waals surface area contributed by atoms with E-state index in [2.05, 4.69) is 18.3 Å². The first-order chi connectivity index (χ1) is 4.81. The van der Waals surface area contributed by atoms with Crippen LogP contribution in [0.25, 0.3) is 0 Å². The van der Waals surface area contributed by atoms with Gasteiger partial charge in [0.25, 0.3) is 0 Å². The van der Waals surface area contributed by atoms with E-state index in [4.69, 9.17) is 5.73 Å². The second-order valence-electron chi connectivity index (χ2n) is 2.14. The smallest absolute Gasteiger partial charge is 0.0137 e. The molecule has 0 rings (SSSR count). The third-order valence-corrected chi connectivity index (χ3v) is 1.14. The van der Waals surface area contributed by atoms with E-state index in [0.29, 0.717) is 6.54 Å². The minimum atomic E-state index is 0.616. The fourth-order valence-electron chi connectivity index (χ4n) is 0.585. The zero-order valence-corrected chi connectivity index (χ0v) is 6.72. The monoisotopic (exact) mass is 140 g/mol. The van der Waals surface area contributed by atoms with Crippen LogP contribution in [-0.2, 0) is 0 Å². The SMILES string of the molecule is CNC/C=C(C)\C=C/CN. The lowest BCUT2D eigenvalue weighted by atomic mass is 10.2. The molecule has 0 aromatic heterocycles. The van der Waals surface area contributed by atoms with Gasteiger partial charge in [0.05, 0.1) is 0 Å². The molecule has 0 aromatic carbocycles. The Morgan fingerprint density at radius 2 is 2.30 bits per heavy atom. The van der Waals surface area contributed by atoms with Crippen LogP contribution in [-0.4, -0.2) is 20.1 Å². The average molecular weight is 140 g/mol. The Morgan fingerprint density at radius 1 is 1.60 bits per heavy atom. The van der Waals surface area contributed by atoms with Gasteiger partial charge in [0.1, 0.15) is 0 Å². The van der Waals surface area contributed by atoms with E-state index < -0.39 is 0 Å². The summed E-state index contributed by atoms with van der Waals surface area (Å²) in [5.41, 5.74) is 6.53. The Bertz CT molecular complexity index is 125. The molecule has 0 saturated heterocycles. The molecular weight excluding hydrogens is 124 g/mol. The lowest BCUT2D eigenvalue weighted by Crippen LogP contribution is -2.04. The maximum absolute atomic E-state index is 5.28. The summed E-state index contributed by atoms with van der Waals surface area (Å²) in [6.07, 6.45) is 6.09. The molecule has 0 amide bonds. The van der Waals surface area contributed by atoms with Gasteiger partial charge >= 0.3 is 0 Å². The van der Waals surface area contributed by atoms with Gasteiger partial charge in [0.2, 0.25) is 0 Å². The first-order valence-corrected chi connectivity index (χ1v) is 3.49. The van der Waals surface area contributed by atoms with Crippen LogP contribution < -0.4 is 11.1 Å². The summed E-state index contributed by atoms with van der Waals surface area (Å²) < 4.78 is 0. The molecule has 0 aliphatic rings. The van der Waals surface area contributed by atoms with Crippen LogP contribution in [0.2, 0.25) is 0 Å². The molecular formula is C8H16N2. The van der Waals surface area contributed by atoms with E-state index >= 15 is 0 Å². The molecule has 0 spiro atoms. The molecule has 0 radical (unpaired) electrons. The summed E-state index contributed by atoms with van der Waals surface area (Å²) in [7, 11) is 1.93. The van der Waals surface area contributed by atoms with Gasteiger partial charge < -0.3 is 11.1 Å². The van der Waals surface area contributed by atoms with Crippen molar-refractivity contribution >= 4 is 0 Å². The Hall–Kier alpha value is -0.600. The minimum Gasteiger partial charge on any atom is -0.327 e. The minimum absolute atomic E-state index is 0.616. The number of likely N-dealkylation sites (N-methyl/N-ethyl adjacent to an activating group) is 1. The predicted molar refractivity (Wildman–Crippen MR) is 45.9 cm³/mol. The highest BCUT2D eigenvalue weighted by Gasteiger charge is 1.78. The van der Waals surface area contributed by atoms with Gasteiger partial charge in [-0.1, -0.05) is 23.8 Å². The van der Waals surface area contributed by atoms with Crippen LogP contribution in [0.15, 0.2) is 23.8 Å². The van der Waals surface area contributed by atoms with Crippen molar-refractivity contribution in [3.8, 4) is 0 Å². The highest BCUT2D eigenvalue weighted by Crippen LogP contribution is 1.91. The van der Waals surface area contributed by atoms with Crippen molar-refractivity contribution in [1.29, 1.82) is 0 Å². The molecule has 3 N–H and O–H groups in total. The molecule has 0 saturated carbocycles. The van der Waals surface area contributed by atoms with Gasteiger partial charge in [-0.3, -0.25) is 0 Å². The van der Waals surface area contributed by atoms with Crippen molar-refractivity contribution in [2.24, 2.45) is 5.73 Å². The number of allylic oxidation sites excluding steroid dienone is 2. The fourth-order valence-corrected chi connectivity index (χ4v) is 0.585. The van der Waals surface area contributed by atoms with Gasteiger partial charge in [-0.2, -0.15) is 0 Å². The predicted octanol–water partition coefficient (Wildman–Crippen LogP) is 0.667. The van der Waals surface area contributed by atoms with Crippen molar-refractivity contribution in [3.63, 3.8) is 0 Å². The molecule has 0 bridgehead atoms. The summed E-state index contributed by atoms with van der Waals surface area (Å²) >= 11 is 0. The molecule has 0 aromatic rings. The van der Waals surface area contributed by atoms with Crippen LogP contribution >= 0.6 is 0 Å². The van der Waals surface area contributed by atoms with E-state index in [1.54, 1.807) is 0 Å². The van der Waals surface area contributed by atoms with E-state index in [0.717, 1.165) is 6.54 Å². The van der Waals surface area contributed by atoms with Crippen molar-refractivity contribution in [2.45, 2.75) is 6.92 Å². The van der Waals surface area contributed by atoms with Crippen LogP contribution in [0.3, 0.4) is 0 Å². The molecule has 0 aliphatic heterocycles. The van der Waals surface area contributed by atoms with Gasteiger partial charge in [0, 0.05) is 13.1 Å². The molecule has 2 nitrogen and oxygen atoms in total. The second-order valence-corrected chi connectivity index (χ2v) is 2.14. The van der Waals surface area contributed by atoms with Crippen LogP contribution in [0.1, 0.15) is 6.92 Å². The van der Waals surface area contributed by atoms with Crippen LogP contribution in [0, 0.1) is 0 Å². The summed E-state index contributed by atoms with van der Waals surface area (Å²) in [6.45, 7) is 3.59. The van der Waals surface area contributed by atoms with Crippen molar-refractivity contribution in [2.75, 3.05) is 20.1 Å². The molecule has 10 heavy (non-hydrogen) atoms. The van der Waals surface area contributed by atoms with Gasteiger partial charge in [0.15, 0.2) is 0 Å². The summed E-state index contributed by atoms with van der Waals surface area (Å²) in [5, 5.41) is 3.03. The van der Waals surface area contributed by atoms with Crippen LogP contribution in [0.4, 0.5) is 0 Å². The molecule has 0 atom stereocenters. The number of nitrogens with two attached hydrogens (primary N) is 1. The number of hydrogen-bond donors (Lipinski definition) is 2. The molecule has 0 fully saturated rings. The Kier molecular flexibility index (Phi) is 6.13. The summed E-state index contributed by atoms with van der Waals surface area (Å²) in [6, 6.07) is 0. The summed E-state index contributed by atoms with van der Waals surface area (Å²) in [4.78, 5) is 0. The number of hydrogen-bond acceptors (Lipinski definition) is 2. The second kappa shape index (κ2) is 6.52. The van der Waals surface area contributed by atoms with Crippen LogP contribution in [0.5, 0.6) is 0 Å². The Balaban J connectivity index is 3.59. The molecule has 58 valence electrons. The van der Waals surface area contributed by atoms with E-state index in [1.165, 1.54) is 5.57 Å². The van der Waals surface area contributed by atoms with Crippen molar-refractivity contribution in [1.82, 2.24) is 5.32 Å². The lowest BCUT2D eigenvalue weighted by molar-refractivity contribution is 0.915. The third-order valence-electron chi connectivity index (χ3n) is 1.14. The maximum atomic E-state index is 5.28. The number of rotatable bonds is 4. The molecule has 0 unspecified atom stereocenters. The first-order valence-electron chi connectivity index (χ1n) is 3.49. The quantitative estimate of drug-likeness (QED) is 0.563. The third kappa shape index (κ3) is 5.54.